The first kappa shape index (κ1) is 14.4. The summed E-state index contributed by atoms with van der Waals surface area (Å²) in [6.45, 7) is 2.75. The number of hydrogen-bond acceptors (Lipinski definition) is 3. The largest absolute Gasteiger partial charge is 0.373 e. The fourth-order valence-corrected chi connectivity index (χ4v) is 2.33. The topological polar surface area (TPSA) is 61.4 Å². The lowest BCUT2D eigenvalue weighted by molar-refractivity contribution is -0.135. The van der Waals surface area contributed by atoms with E-state index in [0.717, 1.165) is 17.7 Å². The van der Waals surface area contributed by atoms with Crippen molar-refractivity contribution in [1.82, 2.24) is 10.2 Å². The number of benzene rings is 1. The van der Waals surface area contributed by atoms with Crippen LogP contribution in [0.1, 0.15) is 18.9 Å². The molecule has 0 bridgehead atoms. The van der Waals surface area contributed by atoms with Gasteiger partial charge < -0.3 is 15.5 Å². The van der Waals surface area contributed by atoms with Crippen molar-refractivity contribution in [3.63, 3.8) is 0 Å². The molecule has 0 radical (unpaired) electrons. The molecule has 2 rings (SSSR count). The maximum atomic E-state index is 12.3. The molecule has 5 nitrogen and oxygen atoms in total. The van der Waals surface area contributed by atoms with Gasteiger partial charge in [0.15, 0.2) is 0 Å². The molecule has 1 atom stereocenters. The quantitative estimate of drug-likeness (QED) is 0.843. The van der Waals surface area contributed by atoms with Crippen LogP contribution < -0.4 is 10.6 Å². The molecule has 0 aromatic heterocycles. The Morgan fingerprint density at radius 2 is 2.15 bits per heavy atom. The van der Waals surface area contributed by atoms with Gasteiger partial charge in [-0.15, -0.1) is 0 Å². The highest BCUT2D eigenvalue weighted by molar-refractivity contribution is 5.90. The Bertz CT molecular complexity index is 477. The molecule has 1 aromatic rings. The molecule has 1 unspecified atom stereocenters. The second-order valence-corrected chi connectivity index (χ2v) is 5.10. The van der Waals surface area contributed by atoms with E-state index in [1.807, 2.05) is 31.2 Å². The predicted molar refractivity (Wildman–Crippen MR) is 78.5 cm³/mol. The fraction of sp³-hybridized carbons (Fsp3) is 0.467. The highest BCUT2D eigenvalue weighted by atomic mass is 16.2. The Morgan fingerprint density at radius 1 is 1.40 bits per heavy atom. The van der Waals surface area contributed by atoms with Crippen LogP contribution in [0, 0.1) is 0 Å². The molecule has 2 amide bonds. The minimum Gasteiger partial charge on any atom is -0.373 e. The monoisotopic (exact) mass is 275 g/mol. The summed E-state index contributed by atoms with van der Waals surface area (Å²) in [6.07, 6.45) is 1.57. The van der Waals surface area contributed by atoms with Gasteiger partial charge in [0.25, 0.3) is 0 Å². The number of hydrogen-bond donors (Lipinski definition) is 2. The van der Waals surface area contributed by atoms with Crippen molar-refractivity contribution < 1.29 is 9.59 Å². The maximum absolute atomic E-state index is 12.3. The average Bonchev–Trinajstić information content (AvgIpc) is 2.87. The van der Waals surface area contributed by atoms with E-state index in [1.54, 1.807) is 7.05 Å². The molecule has 2 N–H and O–H groups in total. The van der Waals surface area contributed by atoms with Crippen LogP contribution in [0.3, 0.4) is 0 Å². The first-order valence-corrected chi connectivity index (χ1v) is 6.98. The lowest BCUT2D eigenvalue weighted by atomic mass is 10.1. The third-order valence-electron chi connectivity index (χ3n) is 3.40. The van der Waals surface area contributed by atoms with E-state index in [9.17, 15) is 9.59 Å². The number of carbonyl (C=O) groups excluding carboxylic acids is 2. The van der Waals surface area contributed by atoms with Crippen LogP contribution in [-0.4, -0.2) is 42.9 Å². The summed E-state index contributed by atoms with van der Waals surface area (Å²) >= 11 is 0. The fourth-order valence-electron chi connectivity index (χ4n) is 2.33. The zero-order chi connectivity index (χ0) is 14.5. The van der Waals surface area contributed by atoms with Crippen molar-refractivity contribution in [2.75, 3.05) is 25.5 Å². The predicted octanol–water partition coefficient (Wildman–Crippen LogP) is 1.01. The molecule has 0 spiro atoms. The van der Waals surface area contributed by atoms with Gasteiger partial charge in [0.05, 0.1) is 6.54 Å². The molecule has 1 aliphatic rings. The molecule has 108 valence electrons. The molecule has 1 heterocycles. The summed E-state index contributed by atoms with van der Waals surface area (Å²) in [5, 5.41) is 5.98. The van der Waals surface area contributed by atoms with Crippen molar-refractivity contribution in [3.8, 4) is 0 Å². The molecule has 0 fully saturated rings. The first-order chi connectivity index (χ1) is 9.61. The van der Waals surface area contributed by atoms with Crippen LogP contribution in [0.25, 0.3) is 0 Å². The minimum absolute atomic E-state index is 0.0483. The second-order valence-electron chi connectivity index (χ2n) is 5.10. The maximum Gasteiger partial charge on any atom is 0.245 e. The van der Waals surface area contributed by atoms with E-state index in [-0.39, 0.29) is 24.4 Å². The summed E-state index contributed by atoms with van der Waals surface area (Å²) in [5.41, 5.74) is 2.16. The molecule has 0 saturated carbocycles. The van der Waals surface area contributed by atoms with E-state index < -0.39 is 0 Å². The van der Waals surface area contributed by atoms with Crippen LogP contribution >= 0.6 is 0 Å². The summed E-state index contributed by atoms with van der Waals surface area (Å²) in [5.74, 6) is -0.161. The van der Waals surface area contributed by atoms with Crippen LogP contribution in [0.4, 0.5) is 5.69 Å². The van der Waals surface area contributed by atoms with Gasteiger partial charge in [0, 0.05) is 25.7 Å². The van der Waals surface area contributed by atoms with E-state index in [4.69, 9.17) is 0 Å². The number of likely N-dealkylation sites (N-methyl/N-ethyl adjacent to an activating group) is 1. The van der Waals surface area contributed by atoms with Gasteiger partial charge in [-0.05, 0) is 18.1 Å². The third kappa shape index (κ3) is 3.29. The highest BCUT2D eigenvalue weighted by Gasteiger charge is 2.29. The first-order valence-electron chi connectivity index (χ1n) is 6.98. The van der Waals surface area contributed by atoms with Gasteiger partial charge in [-0.1, -0.05) is 25.1 Å². The number of nitrogens with zero attached hydrogens (tertiary/aromatic N) is 1. The zero-order valence-corrected chi connectivity index (χ0v) is 12.0. The van der Waals surface area contributed by atoms with Crippen LogP contribution in [0.15, 0.2) is 24.3 Å². The summed E-state index contributed by atoms with van der Waals surface area (Å²) in [7, 11) is 1.67. The van der Waals surface area contributed by atoms with Gasteiger partial charge in [0.2, 0.25) is 11.8 Å². The number of nitrogens with one attached hydrogen (secondary N) is 2. The molecular formula is C15H21N3O2. The standard InChI is InChI=1S/C15H21N3O2/c1-3-8-16-14(19)10-18(2)15(20)13-9-11-6-4-5-7-12(11)17-13/h4-7,13,17H,3,8-10H2,1-2H3,(H,16,19). The van der Waals surface area contributed by atoms with Crippen molar-refractivity contribution in [2.24, 2.45) is 0 Å². The van der Waals surface area contributed by atoms with E-state index >= 15 is 0 Å². The summed E-state index contributed by atoms with van der Waals surface area (Å²) < 4.78 is 0. The Kier molecular flexibility index (Phi) is 4.61. The molecule has 1 aliphatic heterocycles. The van der Waals surface area contributed by atoms with E-state index in [1.165, 1.54) is 4.90 Å². The lowest BCUT2D eigenvalue weighted by Crippen LogP contribution is -2.44. The SMILES string of the molecule is CCCNC(=O)CN(C)C(=O)C1Cc2ccccc2N1. The zero-order valence-electron chi connectivity index (χ0n) is 12.0. The normalized spacial score (nSPS) is 16.2. The van der Waals surface area contributed by atoms with Gasteiger partial charge in [-0.25, -0.2) is 0 Å². The number of anilines is 1. The second kappa shape index (κ2) is 6.41. The number of rotatable bonds is 5. The Labute approximate surface area is 119 Å². The van der Waals surface area contributed by atoms with Crippen LogP contribution in [0.5, 0.6) is 0 Å². The van der Waals surface area contributed by atoms with Crippen molar-refractivity contribution in [1.29, 1.82) is 0 Å². The van der Waals surface area contributed by atoms with Crippen LogP contribution in [-0.2, 0) is 16.0 Å². The smallest absolute Gasteiger partial charge is 0.245 e. The number of amides is 2. The molecule has 1 aromatic carbocycles. The van der Waals surface area contributed by atoms with Gasteiger partial charge in [-0.3, -0.25) is 9.59 Å². The summed E-state index contributed by atoms with van der Waals surface area (Å²) in [4.78, 5) is 25.4. The van der Waals surface area contributed by atoms with Gasteiger partial charge in [-0.2, -0.15) is 0 Å². The lowest BCUT2D eigenvalue weighted by Gasteiger charge is -2.21. The Balaban J connectivity index is 1.88. The van der Waals surface area contributed by atoms with Crippen LogP contribution in [0.2, 0.25) is 0 Å². The van der Waals surface area contributed by atoms with E-state index in [2.05, 4.69) is 10.6 Å². The number of carbonyl (C=O) groups is 2. The van der Waals surface area contributed by atoms with Crippen molar-refractivity contribution in [3.05, 3.63) is 29.8 Å². The Hall–Kier alpha value is -2.04. The molecular weight excluding hydrogens is 254 g/mol. The third-order valence-corrected chi connectivity index (χ3v) is 3.40. The minimum atomic E-state index is -0.267. The average molecular weight is 275 g/mol. The highest BCUT2D eigenvalue weighted by Crippen LogP contribution is 2.25. The summed E-state index contributed by atoms with van der Waals surface area (Å²) in [6, 6.07) is 7.63. The van der Waals surface area contributed by atoms with Gasteiger partial charge >= 0.3 is 0 Å². The van der Waals surface area contributed by atoms with Gasteiger partial charge in [0.1, 0.15) is 6.04 Å². The molecule has 5 heteroatoms. The number of para-hydroxylation sites is 1. The molecule has 20 heavy (non-hydrogen) atoms. The van der Waals surface area contributed by atoms with Crippen molar-refractivity contribution >= 4 is 17.5 Å². The Morgan fingerprint density at radius 3 is 2.85 bits per heavy atom. The van der Waals surface area contributed by atoms with Crippen molar-refractivity contribution in [2.45, 2.75) is 25.8 Å². The molecule has 0 saturated heterocycles. The molecule has 0 aliphatic carbocycles. The van der Waals surface area contributed by atoms with E-state index in [0.29, 0.717) is 13.0 Å². The number of fused-ring (bicyclic) bond motifs is 1.